The summed E-state index contributed by atoms with van der Waals surface area (Å²) < 4.78 is 7.27. The molecule has 2 aromatic heterocycles. The summed E-state index contributed by atoms with van der Waals surface area (Å²) in [5.74, 6) is 1.71. The first-order valence-electron chi connectivity index (χ1n) is 12.0. The van der Waals surface area contributed by atoms with E-state index < -0.39 is 0 Å². The molecule has 0 bridgehead atoms. The molecule has 5 N–H and O–H groups in total. The van der Waals surface area contributed by atoms with Gasteiger partial charge in [-0.2, -0.15) is 9.97 Å². The van der Waals surface area contributed by atoms with Gasteiger partial charge in [0.1, 0.15) is 0 Å². The van der Waals surface area contributed by atoms with Gasteiger partial charge in [-0.05, 0) is 37.3 Å². The number of rotatable bonds is 8. The van der Waals surface area contributed by atoms with Gasteiger partial charge in [0.05, 0.1) is 20.0 Å². The third-order valence-corrected chi connectivity index (χ3v) is 6.51. The topological polar surface area (TPSA) is 123 Å². The quantitative estimate of drug-likeness (QED) is 0.304. The third-order valence-electron chi connectivity index (χ3n) is 6.51. The average molecular weight is 474 g/mol. The van der Waals surface area contributed by atoms with E-state index in [1.54, 1.807) is 12.4 Å². The number of fused-ring (bicyclic) bond motifs is 1. The molecule has 9 nitrogen and oxygen atoms in total. The lowest BCUT2D eigenvalue weighted by Crippen LogP contribution is -2.33. The zero-order valence-electron chi connectivity index (χ0n) is 19.8. The smallest absolute Gasteiger partial charge is 0.227 e. The number of phenols is 1. The molecule has 0 unspecified atom stereocenters. The first kappa shape index (κ1) is 22.9. The monoisotopic (exact) mass is 473 g/mol. The number of nitrogens with zero attached hydrogens (tertiary/aromatic N) is 4. The zero-order chi connectivity index (χ0) is 24.2. The van der Waals surface area contributed by atoms with E-state index in [0.717, 1.165) is 36.9 Å². The van der Waals surface area contributed by atoms with Crippen LogP contribution in [-0.2, 0) is 13.1 Å². The number of para-hydroxylation sites is 1. The van der Waals surface area contributed by atoms with Gasteiger partial charge in [-0.1, -0.05) is 42.5 Å². The molecule has 2 aromatic carbocycles. The van der Waals surface area contributed by atoms with Crippen LogP contribution in [0.5, 0.6) is 11.5 Å². The molecule has 0 atom stereocenters. The Labute approximate surface area is 204 Å². The zero-order valence-corrected chi connectivity index (χ0v) is 19.8. The van der Waals surface area contributed by atoms with Gasteiger partial charge in [0.25, 0.3) is 0 Å². The number of methoxy groups -OCH3 is 1. The van der Waals surface area contributed by atoms with Crippen molar-refractivity contribution in [2.24, 2.45) is 5.73 Å². The third kappa shape index (κ3) is 5.14. The van der Waals surface area contributed by atoms with Gasteiger partial charge in [0.2, 0.25) is 5.95 Å². The molecule has 1 fully saturated rings. The number of ether oxygens (including phenoxy) is 1. The minimum absolute atomic E-state index is 0.110. The van der Waals surface area contributed by atoms with Crippen molar-refractivity contribution in [3.63, 3.8) is 0 Å². The highest BCUT2D eigenvalue weighted by Gasteiger charge is 2.21. The minimum atomic E-state index is 0.110. The predicted octanol–water partition coefficient (Wildman–Crippen LogP) is 3.88. The van der Waals surface area contributed by atoms with E-state index in [0.29, 0.717) is 41.7 Å². The molecular weight excluding hydrogens is 442 g/mol. The SMILES string of the molecule is COc1cccc(CNc2nc(NC3CCC(N)CC3)nc3c2ncn3Cc2ccccc2)c1O. The molecule has 0 aliphatic heterocycles. The van der Waals surface area contributed by atoms with Gasteiger partial charge in [0.15, 0.2) is 28.5 Å². The fourth-order valence-electron chi connectivity index (χ4n) is 4.53. The van der Waals surface area contributed by atoms with Gasteiger partial charge in [0, 0.05) is 24.2 Å². The van der Waals surface area contributed by atoms with Crippen LogP contribution in [0.15, 0.2) is 54.9 Å². The second-order valence-electron chi connectivity index (χ2n) is 9.00. The molecule has 0 saturated heterocycles. The molecule has 4 aromatic rings. The standard InChI is InChI=1S/C26H31N7O2/c1-35-21-9-5-8-18(23(21)34)14-28-24-22-25(33(16-29-22)15-17-6-3-2-4-7-17)32-26(31-24)30-20-12-10-19(27)11-13-20/h2-9,16,19-20,34H,10-15,27H2,1H3,(H2,28,30,31,32). The van der Waals surface area contributed by atoms with Crippen molar-refractivity contribution in [3.05, 3.63) is 66.0 Å². The summed E-state index contributed by atoms with van der Waals surface area (Å²) in [5, 5.41) is 17.4. The molecule has 1 saturated carbocycles. The van der Waals surface area contributed by atoms with E-state index in [1.165, 1.54) is 7.11 Å². The number of anilines is 2. The summed E-state index contributed by atoms with van der Waals surface area (Å²) in [6, 6.07) is 16.2. The highest BCUT2D eigenvalue weighted by molar-refractivity contribution is 5.84. The molecule has 182 valence electrons. The Balaban J connectivity index is 1.46. The summed E-state index contributed by atoms with van der Waals surface area (Å²) >= 11 is 0. The average Bonchev–Trinajstić information content (AvgIpc) is 3.28. The van der Waals surface area contributed by atoms with Crippen LogP contribution in [0.25, 0.3) is 11.2 Å². The van der Waals surface area contributed by atoms with Crippen molar-refractivity contribution in [1.29, 1.82) is 0 Å². The van der Waals surface area contributed by atoms with Crippen molar-refractivity contribution in [2.45, 2.75) is 50.9 Å². The number of hydrogen-bond acceptors (Lipinski definition) is 8. The van der Waals surface area contributed by atoms with Crippen LogP contribution >= 0.6 is 0 Å². The summed E-state index contributed by atoms with van der Waals surface area (Å²) in [7, 11) is 1.54. The Bertz CT molecular complexity index is 1280. The van der Waals surface area contributed by atoms with E-state index in [2.05, 4.69) is 27.8 Å². The Morgan fingerprint density at radius 1 is 1.06 bits per heavy atom. The molecule has 5 rings (SSSR count). The minimum Gasteiger partial charge on any atom is -0.504 e. The highest BCUT2D eigenvalue weighted by Crippen LogP contribution is 2.31. The first-order chi connectivity index (χ1) is 17.1. The number of phenolic OH excluding ortho intramolecular Hbond substituents is 1. The summed E-state index contributed by atoms with van der Waals surface area (Å²) in [5.41, 5.74) is 9.38. The summed E-state index contributed by atoms with van der Waals surface area (Å²) in [4.78, 5) is 14.2. The van der Waals surface area contributed by atoms with E-state index in [-0.39, 0.29) is 17.8 Å². The van der Waals surface area contributed by atoms with Crippen LogP contribution in [0.2, 0.25) is 0 Å². The Morgan fingerprint density at radius 3 is 2.63 bits per heavy atom. The van der Waals surface area contributed by atoms with Crippen molar-refractivity contribution in [1.82, 2.24) is 19.5 Å². The number of aromatic nitrogens is 4. The number of imidazole rings is 1. The van der Waals surface area contributed by atoms with Gasteiger partial charge in [-0.15, -0.1) is 0 Å². The maximum absolute atomic E-state index is 10.5. The Morgan fingerprint density at radius 2 is 1.86 bits per heavy atom. The molecule has 0 spiro atoms. The number of nitrogens with two attached hydrogens (primary N) is 1. The van der Waals surface area contributed by atoms with Crippen molar-refractivity contribution in [3.8, 4) is 11.5 Å². The number of hydrogen-bond donors (Lipinski definition) is 4. The van der Waals surface area contributed by atoms with E-state index in [4.69, 9.17) is 20.4 Å². The first-order valence-corrected chi connectivity index (χ1v) is 12.0. The Hall–Kier alpha value is -3.85. The lowest BCUT2D eigenvalue weighted by molar-refractivity contribution is 0.371. The lowest BCUT2D eigenvalue weighted by Gasteiger charge is -2.26. The van der Waals surface area contributed by atoms with Crippen LogP contribution in [0, 0.1) is 0 Å². The maximum atomic E-state index is 10.5. The summed E-state index contributed by atoms with van der Waals surface area (Å²) in [6.45, 7) is 1.01. The van der Waals surface area contributed by atoms with Crippen LogP contribution in [0.3, 0.4) is 0 Å². The van der Waals surface area contributed by atoms with Gasteiger partial charge in [-0.25, -0.2) is 4.98 Å². The van der Waals surface area contributed by atoms with Crippen molar-refractivity contribution < 1.29 is 9.84 Å². The number of aromatic hydroxyl groups is 1. The summed E-state index contributed by atoms with van der Waals surface area (Å²) in [6.07, 6.45) is 5.76. The largest absolute Gasteiger partial charge is 0.504 e. The number of benzene rings is 2. The van der Waals surface area contributed by atoms with Crippen molar-refractivity contribution >= 4 is 22.9 Å². The lowest BCUT2D eigenvalue weighted by atomic mass is 9.92. The van der Waals surface area contributed by atoms with Crippen LogP contribution in [-0.4, -0.2) is 43.8 Å². The van der Waals surface area contributed by atoms with Crippen LogP contribution < -0.4 is 21.1 Å². The maximum Gasteiger partial charge on any atom is 0.227 e. The molecule has 2 heterocycles. The predicted molar refractivity (Wildman–Crippen MR) is 137 cm³/mol. The molecule has 0 radical (unpaired) electrons. The molecule has 1 aliphatic carbocycles. The van der Waals surface area contributed by atoms with Gasteiger partial charge in [-0.3, -0.25) is 0 Å². The fraction of sp³-hybridized carbons (Fsp3) is 0.346. The van der Waals surface area contributed by atoms with E-state index >= 15 is 0 Å². The highest BCUT2D eigenvalue weighted by atomic mass is 16.5. The molecule has 1 aliphatic rings. The molecular formula is C26H31N7O2. The van der Waals surface area contributed by atoms with Crippen LogP contribution in [0.1, 0.15) is 36.8 Å². The van der Waals surface area contributed by atoms with Crippen molar-refractivity contribution in [2.75, 3.05) is 17.7 Å². The fourth-order valence-corrected chi connectivity index (χ4v) is 4.53. The number of nitrogens with one attached hydrogen (secondary N) is 2. The molecule has 0 amide bonds. The second-order valence-corrected chi connectivity index (χ2v) is 9.00. The molecule has 35 heavy (non-hydrogen) atoms. The normalized spacial score (nSPS) is 17.9. The van der Waals surface area contributed by atoms with Crippen LogP contribution in [0.4, 0.5) is 11.8 Å². The molecule has 9 heteroatoms. The van der Waals surface area contributed by atoms with Gasteiger partial charge < -0.3 is 30.8 Å². The van der Waals surface area contributed by atoms with E-state index in [9.17, 15) is 5.11 Å². The van der Waals surface area contributed by atoms with E-state index in [1.807, 2.05) is 34.9 Å². The van der Waals surface area contributed by atoms with Gasteiger partial charge >= 0.3 is 0 Å². The Kier molecular flexibility index (Phi) is 6.67. The second kappa shape index (κ2) is 10.2.